The summed E-state index contributed by atoms with van der Waals surface area (Å²) < 4.78 is 35.5. The van der Waals surface area contributed by atoms with Crippen LogP contribution in [-0.4, -0.2) is 33.9 Å². The minimum Gasteiger partial charge on any atom is -0.492 e. The van der Waals surface area contributed by atoms with Gasteiger partial charge in [0.05, 0.1) is 18.0 Å². The van der Waals surface area contributed by atoms with Crippen molar-refractivity contribution >= 4 is 11.6 Å². The first-order valence-electron chi connectivity index (χ1n) is 8.07. The molecule has 0 saturated carbocycles. The van der Waals surface area contributed by atoms with Gasteiger partial charge in [-0.15, -0.1) is 5.10 Å². The van der Waals surface area contributed by atoms with Crippen LogP contribution >= 0.6 is 0 Å². The van der Waals surface area contributed by atoms with Crippen molar-refractivity contribution in [3.63, 3.8) is 0 Å². The summed E-state index contributed by atoms with van der Waals surface area (Å²) in [4.78, 5) is 16.4. The van der Waals surface area contributed by atoms with Gasteiger partial charge in [-0.2, -0.15) is 8.78 Å². The van der Waals surface area contributed by atoms with Gasteiger partial charge in [-0.05, 0) is 43.3 Å². The Labute approximate surface area is 153 Å². The Morgan fingerprint density at radius 3 is 2.63 bits per heavy atom. The van der Waals surface area contributed by atoms with Crippen molar-refractivity contribution in [3.05, 3.63) is 60.7 Å². The second-order valence-corrected chi connectivity index (χ2v) is 5.27. The average Bonchev–Trinajstić information content (AvgIpc) is 3.14. The van der Waals surface area contributed by atoms with Crippen molar-refractivity contribution < 1.29 is 23.0 Å². The SMILES string of the molecule is CCOc1ccccc1NC(=O)c1ncn(-c2ccc(OC(F)F)cc2)n1. The van der Waals surface area contributed by atoms with Crippen LogP contribution in [0, 0.1) is 0 Å². The molecule has 0 saturated heterocycles. The predicted octanol–water partition coefficient (Wildman–Crippen LogP) is 3.52. The fraction of sp³-hybridized carbons (Fsp3) is 0.167. The number of halogens is 2. The van der Waals surface area contributed by atoms with Gasteiger partial charge in [0.1, 0.15) is 17.8 Å². The van der Waals surface area contributed by atoms with Crippen LogP contribution in [0.5, 0.6) is 11.5 Å². The fourth-order valence-corrected chi connectivity index (χ4v) is 2.30. The lowest BCUT2D eigenvalue weighted by Gasteiger charge is -2.09. The summed E-state index contributed by atoms with van der Waals surface area (Å²) in [5.74, 6) is 0.0227. The van der Waals surface area contributed by atoms with Crippen molar-refractivity contribution in [1.82, 2.24) is 14.8 Å². The number of aromatic nitrogens is 3. The van der Waals surface area contributed by atoms with Crippen molar-refractivity contribution in [3.8, 4) is 17.2 Å². The van der Waals surface area contributed by atoms with Crippen molar-refractivity contribution in [1.29, 1.82) is 0 Å². The van der Waals surface area contributed by atoms with E-state index in [1.807, 2.05) is 6.92 Å². The Balaban J connectivity index is 1.73. The van der Waals surface area contributed by atoms with Crippen LogP contribution in [0.4, 0.5) is 14.5 Å². The summed E-state index contributed by atoms with van der Waals surface area (Å²) in [6.45, 7) is -0.582. The van der Waals surface area contributed by atoms with Crippen molar-refractivity contribution in [2.45, 2.75) is 13.5 Å². The molecule has 9 heteroatoms. The molecule has 1 aromatic heterocycles. The first-order valence-corrected chi connectivity index (χ1v) is 8.07. The van der Waals surface area contributed by atoms with Crippen LogP contribution in [0.2, 0.25) is 0 Å². The number of hydrogen-bond acceptors (Lipinski definition) is 5. The fourth-order valence-electron chi connectivity index (χ4n) is 2.30. The van der Waals surface area contributed by atoms with E-state index >= 15 is 0 Å². The highest BCUT2D eigenvalue weighted by Gasteiger charge is 2.15. The second kappa shape index (κ2) is 8.26. The molecule has 140 valence electrons. The van der Waals surface area contributed by atoms with E-state index in [0.29, 0.717) is 23.7 Å². The molecule has 27 heavy (non-hydrogen) atoms. The van der Waals surface area contributed by atoms with Gasteiger partial charge in [0, 0.05) is 0 Å². The molecule has 0 atom stereocenters. The van der Waals surface area contributed by atoms with E-state index in [0.717, 1.165) is 0 Å². The Morgan fingerprint density at radius 2 is 1.93 bits per heavy atom. The molecular weight excluding hydrogens is 358 g/mol. The van der Waals surface area contributed by atoms with E-state index in [1.165, 1.54) is 35.3 Å². The number of carbonyl (C=O) groups excluding carboxylic acids is 1. The molecule has 0 radical (unpaired) electrons. The average molecular weight is 374 g/mol. The Morgan fingerprint density at radius 1 is 1.19 bits per heavy atom. The molecule has 7 nitrogen and oxygen atoms in total. The lowest BCUT2D eigenvalue weighted by Crippen LogP contribution is -2.15. The number of nitrogens with one attached hydrogen (secondary N) is 1. The molecule has 1 N–H and O–H groups in total. The van der Waals surface area contributed by atoms with Gasteiger partial charge < -0.3 is 14.8 Å². The lowest BCUT2D eigenvalue weighted by molar-refractivity contribution is -0.0498. The Kier molecular flexibility index (Phi) is 5.60. The molecule has 0 bridgehead atoms. The monoisotopic (exact) mass is 374 g/mol. The number of alkyl halides is 2. The molecule has 0 aliphatic heterocycles. The van der Waals surface area contributed by atoms with E-state index in [-0.39, 0.29) is 11.6 Å². The number of nitrogens with zero attached hydrogens (tertiary/aromatic N) is 3. The van der Waals surface area contributed by atoms with Crippen LogP contribution in [0.25, 0.3) is 5.69 Å². The predicted molar refractivity (Wildman–Crippen MR) is 93.6 cm³/mol. The largest absolute Gasteiger partial charge is 0.492 e. The number of carbonyl (C=O) groups is 1. The topological polar surface area (TPSA) is 78.3 Å². The number of para-hydroxylation sites is 2. The van der Waals surface area contributed by atoms with Crippen LogP contribution in [0.15, 0.2) is 54.9 Å². The zero-order valence-electron chi connectivity index (χ0n) is 14.3. The highest BCUT2D eigenvalue weighted by atomic mass is 19.3. The summed E-state index contributed by atoms with van der Waals surface area (Å²) in [7, 11) is 0. The second-order valence-electron chi connectivity index (χ2n) is 5.27. The summed E-state index contributed by atoms with van der Waals surface area (Å²) in [6.07, 6.45) is 1.35. The molecule has 1 amide bonds. The summed E-state index contributed by atoms with van der Waals surface area (Å²) in [5, 5.41) is 6.81. The molecule has 0 fully saturated rings. The van der Waals surface area contributed by atoms with E-state index in [2.05, 4.69) is 20.1 Å². The van der Waals surface area contributed by atoms with Crippen LogP contribution in [0.1, 0.15) is 17.5 Å². The third kappa shape index (κ3) is 4.57. The lowest BCUT2D eigenvalue weighted by atomic mass is 10.3. The summed E-state index contributed by atoms with van der Waals surface area (Å²) >= 11 is 0. The number of hydrogen-bond donors (Lipinski definition) is 1. The van der Waals surface area contributed by atoms with Crippen LogP contribution < -0.4 is 14.8 Å². The van der Waals surface area contributed by atoms with E-state index < -0.39 is 12.5 Å². The highest BCUT2D eigenvalue weighted by Crippen LogP contribution is 2.24. The van der Waals surface area contributed by atoms with Gasteiger partial charge in [0.15, 0.2) is 0 Å². The number of benzene rings is 2. The van der Waals surface area contributed by atoms with Gasteiger partial charge in [-0.25, -0.2) is 9.67 Å². The van der Waals surface area contributed by atoms with Crippen LogP contribution in [0.3, 0.4) is 0 Å². The number of rotatable bonds is 7. The van der Waals surface area contributed by atoms with Crippen molar-refractivity contribution in [2.75, 3.05) is 11.9 Å². The summed E-state index contributed by atoms with van der Waals surface area (Å²) in [6, 6.07) is 12.8. The van der Waals surface area contributed by atoms with Crippen molar-refractivity contribution in [2.24, 2.45) is 0 Å². The Bertz CT molecular complexity index is 913. The van der Waals surface area contributed by atoms with E-state index in [9.17, 15) is 13.6 Å². The molecular formula is C18H16F2N4O3. The minimum absolute atomic E-state index is 0.0272. The third-order valence-electron chi connectivity index (χ3n) is 3.46. The quantitative estimate of drug-likeness (QED) is 0.685. The molecule has 0 aliphatic rings. The van der Waals surface area contributed by atoms with E-state index in [1.54, 1.807) is 24.3 Å². The molecule has 0 unspecified atom stereocenters. The number of ether oxygens (including phenoxy) is 2. The number of amides is 1. The first-order chi connectivity index (χ1) is 13.1. The zero-order chi connectivity index (χ0) is 19.2. The smallest absolute Gasteiger partial charge is 0.387 e. The van der Waals surface area contributed by atoms with Gasteiger partial charge in [0.25, 0.3) is 5.91 Å². The van der Waals surface area contributed by atoms with Crippen LogP contribution in [-0.2, 0) is 0 Å². The maximum absolute atomic E-state index is 12.4. The van der Waals surface area contributed by atoms with Gasteiger partial charge >= 0.3 is 6.61 Å². The van der Waals surface area contributed by atoms with Gasteiger partial charge in [0.2, 0.25) is 5.82 Å². The molecule has 0 aliphatic carbocycles. The normalized spacial score (nSPS) is 10.7. The molecule has 1 heterocycles. The third-order valence-corrected chi connectivity index (χ3v) is 3.46. The highest BCUT2D eigenvalue weighted by molar-refractivity contribution is 6.02. The Hall–Kier alpha value is -3.49. The zero-order valence-corrected chi connectivity index (χ0v) is 14.3. The molecule has 3 rings (SSSR count). The first kappa shape index (κ1) is 18.3. The van der Waals surface area contributed by atoms with E-state index in [4.69, 9.17) is 4.74 Å². The van der Waals surface area contributed by atoms with Gasteiger partial charge in [-0.1, -0.05) is 12.1 Å². The maximum atomic E-state index is 12.4. The van der Waals surface area contributed by atoms with Gasteiger partial charge in [-0.3, -0.25) is 4.79 Å². The molecule has 2 aromatic carbocycles. The maximum Gasteiger partial charge on any atom is 0.387 e. The molecule has 0 spiro atoms. The number of anilines is 1. The minimum atomic E-state index is -2.89. The standard InChI is InChI=1S/C18H16F2N4O3/c1-2-26-15-6-4-3-5-14(15)22-17(25)16-21-11-24(23-16)12-7-9-13(10-8-12)27-18(19)20/h3-11,18H,2H2,1H3,(H,22,25). The molecule has 3 aromatic rings. The summed E-state index contributed by atoms with van der Waals surface area (Å²) in [5.41, 5.74) is 1.05.